The van der Waals surface area contributed by atoms with Gasteiger partial charge < -0.3 is 11.1 Å². The van der Waals surface area contributed by atoms with Crippen molar-refractivity contribution in [2.24, 2.45) is 5.73 Å². The molecule has 0 radical (unpaired) electrons. The van der Waals surface area contributed by atoms with Crippen molar-refractivity contribution in [3.8, 4) is 0 Å². The number of nitro groups is 1. The lowest BCUT2D eigenvalue weighted by Gasteiger charge is -2.14. The predicted molar refractivity (Wildman–Crippen MR) is 81.2 cm³/mol. The molecule has 0 saturated carbocycles. The summed E-state index contributed by atoms with van der Waals surface area (Å²) in [7, 11) is 0. The maximum absolute atomic E-state index is 11.2. The standard InChI is InChI=1S/C14H19N5O2/c1-3-18-14(13(19(20)21)10(2)17-18)16-9-12(15)11-7-5-4-6-8-11/h4-8,12,16H,3,9,15H2,1-2H3. The highest BCUT2D eigenvalue weighted by Crippen LogP contribution is 2.28. The molecular weight excluding hydrogens is 270 g/mol. The average Bonchev–Trinajstić information content (AvgIpc) is 2.81. The van der Waals surface area contributed by atoms with E-state index in [1.165, 1.54) is 0 Å². The highest BCUT2D eigenvalue weighted by molar-refractivity contribution is 5.59. The van der Waals surface area contributed by atoms with E-state index >= 15 is 0 Å². The van der Waals surface area contributed by atoms with E-state index in [4.69, 9.17) is 5.73 Å². The molecule has 0 saturated heterocycles. The number of rotatable bonds is 6. The molecule has 1 aromatic carbocycles. The van der Waals surface area contributed by atoms with Gasteiger partial charge in [-0.05, 0) is 19.4 Å². The molecule has 21 heavy (non-hydrogen) atoms. The van der Waals surface area contributed by atoms with Gasteiger partial charge in [-0.2, -0.15) is 5.10 Å². The fourth-order valence-electron chi connectivity index (χ4n) is 2.22. The molecule has 0 amide bonds. The zero-order chi connectivity index (χ0) is 15.4. The third-order valence-corrected chi connectivity index (χ3v) is 3.30. The topological polar surface area (TPSA) is 99.0 Å². The second-order valence-electron chi connectivity index (χ2n) is 4.75. The summed E-state index contributed by atoms with van der Waals surface area (Å²) in [4.78, 5) is 10.8. The van der Waals surface area contributed by atoms with E-state index < -0.39 is 4.92 Å². The number of nitrogens with one attached hydrogen (secondary N) is 1. The fourth-order valence-corrected chi connectivity index (χ4v) is 2.22. The third kappa shape index (κ3) is 3.19. The van der Waals surface area contributed by atoms with Crippen molar-refractivity contribution in [3.63, 3.8) is 0 Å². The molecule has 112 valence electrons. The second kappa shape index (κ2) is 6.36. The van der Waals surface area contributed by atoms with E-state index in [2.05, 4.69) is 10.4 Å². The van der Waals surface area contributed by atoms with Crippen LogP contribution in [-0.4, -0.2) is 21.2 Å². The summed E-state index contributed by atoms with van der Waals surface area (Å²) in [5.41, 5.74) is 7.50. The van der Waals surface area contributed by atoms with Crippen molar-refractivity contribution < 1.29 is 4.92 Å². The van der Waals surface area contributed by atoms with Crippen molar-refractivity contribution in [1.29, 1.82) is 0 Å². The van der Waals surface area contributed by atoms with Gasteiger partial charge in [0.05, 0.1) is 4.92 Å². The Hall–Kier alpha value is -2.41. The van der Waals surface area contributed by atoms with Crippen LogP contribution >= 0.6 is 0 Å². The van der Waals surface area contributed by atoms with Crippen molar-refractivity contribution in [1.82, 2.24) is 9.78 Å². The first-order chi connectivity index (χ1) is 10.0. The van der Waals surface area contributed by atoms with Gasteiger partial charge in [0.15, 0.2) is 0 Å². The van der Waals surface area contributed by atoms with Gasteiger partial charge >= 0.3 is 5.69 Å². The molecule has 3 N–H and O–H groups in total. The van der Waals surface area contributed by atoms with Crippen LogP contribution < -0.4 is 11.1 Å². The first kappa shape index (κ1) is 15.0. The Morgan fingerprint density at radius 3 is 2.67 bits per heavy atom. The summed E-state index contributed by atoms with van der Waals surface area (Å²) < 4.78 is 1.59. The summed E-state index contributed by atoms with van der Waals surface area (Å²) in [5.74, 6) is 0.409. The van der Waals surface area contributed by atoms with E-state index in [0.29, 0.717) is 24.6 Å². The molecule has 0 spiro atoms. The average molecular weight is 289 g/mol. The highest BCUT2D eigenvalue weighted by atomic mass is 16.6. The van der Waals surface area contributed by atoms with Crippen molar-refractivity contribution in [2.45, 2.75) is 26.4 Å². The van der Waals surface area contributed by atoms with Crippen LogP contribution in [0.5, 0.6) is 0 Å². The number of nitrogens with two attached hydrogens (primary N) is 1. The van der Waals surface area contributed by atoms with Gasteiger partial charge in [0.1, 0.15) is 5.69 Å². The molecule has 1 atom stereocenters. The van der Waals surface area contributed by atoms with Crippen molar-refractivity contribution in [2.75, 3.05) is 11.9 Å². The Balaban J connectivity index is 2.18. The molecule has 0 aliphatic carbocycles. The minimum atomic E-state index is -0.412. The minimum absolute atomic E-state index is 0.0112. The van der Waals surface area contributed by atoms with Crippen molar-refractivity contribution >= 4 is 11.5 Å². The van der Waals surface area contributed by atoms with E-state index in [-0.39, 0.29) is 11.7 Å². The van der Waals surface area contributed by atoms with Gasteiger partial charge in [-0.1, -0.05) is 30.3 Å². The Morgan fingerprint density at radius 1 is 1.43 bits per heavy atom. The lowest BCUT2D eigenvalue weighted by atomic mass is 10.1. The van der Waals surface area contributed by atoms with Gasteiger partial charge in [-0.25, -0.2) is 4.68 Å². The Morgan fingerprint density at radius 2 is 2.10 bits per heavy atom. The zero-order valence-corrected chi connectivity index (χ0v) is 12.1. The lowest BCUT2D eigenvalue weighted by molar-refractivity contribution is -0.384. The van der Waals surface area contributed by atoms with Crippen LogP contribution in [0.15, 0.2) is 30.3 Å². The summed E-state index contributed by atoms with van der Waals surface area (Å²) in [6.07, 6.45) is 0. The van der Waals surface area contributed by atoms with Crippen LogP contribution in [0.1, 0.15) is 24.2 Å². The van der Waals surface area contributed by atoms with E-state index in [1.54, 1.807) is 11.6 Å². The van der Waals surface area contributed by atoms with Crippen LogP contribution in [0.4, 0.5) is 11.5 Å². The van der Waals surface area contributed by atoms with Gasteiger partial charge in [0, 0.05) is 19.1 Å². The van der Waals surface area contributed by atoms with E-state index in [9.17, 15) is 10.1 Å². The largest absolute Gasteiger partial charge is 0.363 e. The summed E-state index contributed by atoms with van der Waals surface area (Å²) in [6, 6.07) is 9.37. The van der Waals surface area contributed by atoms with Gasteiger partial charge in [0.25, 0.3) is 0 Å². The first-order valence-corrected chi connectivity index (χ1v) is 6.80. The fraction of sp³-hybridized carbons (Fsp3) is 0.357. The van der Waals surface area contributed by atoms with Crippen LogP contribution in [0, 0.1) is 17.0 Å². The minimum Gasteiger partial charge on any atom is -0.363 e. The molecule has 1 unspecified atom stereocenters. The second-order valence-corrected chi connectivity index (χ2v) is 4.75. The molecule has 1 heterocycles. The third-order valence-electron chi connectivity index (χ3n) is 3.30. The number of nitrogens with zero attached hydrogens (tertiary/aromatic N) is 3. The lowest BCUT2D eigenvalue weighted by Crippen LogP contribution is -2.22. The van der Waals surface area contributed by atoms with Crippen LogP contribution in [0.2, 0.25) is 0 Å². The monoisotopic (exact) mass is 289 g/mol. The predicted octanol–water partition coefficient (Wildman–Crippen LogP) is 2.23. The van der Waals surface area contributed by atoms with Gasteiger partial charge in [-0.3, -0.25) is 10.1 Å². The molecule has 0 fully saturated rings. The normalized spacial score (nSPS) is 12.1. The van der Waals surface area contributed by atoms with Crippen LogP contribution in [0.25, 0.3) is 0 Å². The molecule has 7 nitrogen and oxygen atoms in total. The van der Waals surface area contributed by atoms with E-state index in [1.807, 2.05) is 37.3 Å². The van der Waals surface area contributed by atoms with Crippen LogP contribution in [0.3, 0.4) is 0 Å². The Bertz CT molecular complexity index is 624. The zero-order valence-electron chi connectivity index (χ0n) is 12.1. The quantitative estimate of drug-likeness (QED) is 0.627. The maximum Gasteiger partial charge on any atom is 0.333 e. The van der Waals surface area contributed by atoms with E-state index in [0.717, 1.165) is 5.56 Å². The number of aryl methyl sites for hydroxylation is 2. The molecule has 0 aliphatic rings. The smallest absolute Gasteiger partial charge is 0.333 e. The molecule has 1 aromatic heterocycles. The SMILES string of the molecule is CCn1nc(C)c([N+](=O)[O-])c1NCC(N)c1ccccc1. The van der Waals surface area contributed by atoms with Gasteiger partial charge in [0.2, 0.25) is 5.82 Å². The number of hydrogen-bond donors (Lipinski definition) is 2. The Labute approximate surface area is 122 Å². The number of anilines is 1. The summed E-state index contributed by atoms with van der Waals surface area (Å²) in [6.45, 7) is 4.47. The molecule has 7 heteroatoms. The highest BCUT2D eigenvalue weighted by Gasteiger charge is 2.25. The van der Waals surface area contributed by atoms with Gasteiger partial charge in [-0.15, -0.1) is 0 Å². The molecule has 2 aromatic rings. The number of hydrogen-bond acceptors (Lipinski definition) is 5. The number of aromatic nitrogens is 2. The summed E-state index contributed by atoms with van der Waals surface area (Å²) in [5, 5.41) is 18.4. The Kier molecular flexibility index (Phi) is 4.54. The number of benzene rings is 1. The molecule has 0 aliphatic heterocycles. The maximum atomic E-state index is 11.2. The molecular formula is C14H19N5O2. The molecule has 0 bridgehead atoms. The summed E-state index contributed by atoms with van der Waals surface area (Å²) >= 11 is 0. The first-order valence-electron chi connectivity index (χ1n) is 6.80. The molecule has 2 rings (SSSR count). The van der Waals surface area contributed by atoms with Crippen molar-refractivity contribution in [3.05, 3.63) is 51.7 Å². The van der Waals surface area contributed by atoms with Crippen LogP contribution in [-0.2, 0) is 6.54 Å².